The summed E-state index contributed by atoms with van der Waals surface area (Å²) in [6, 6.07) is 5.63. The van der Waals surface area contributed by atoms with E-state index in [9.17, 15) is 5.11 Å². The van der Waals surface area contributed by atoms with Crippen molar-refractivity contribution >= 4 is 15.9 Å². The lowest BCUT2D eigenvalue weighted by atomic mass is 10.1. The summed E-state index contributed by atoms with van der Waals surface area (Å²) in [4.78, 5) is 3.97. The van der Waals surface area contributed by atoms with Gasteiger partial charge in [0.1, 0.15) is 12.4 Å². The molecule has 0 aliphatic heterocycles. The van der Waals surface area contributed by atoms with Crippen LogP contribution in [0.3, 0.4) is 0 Å². The van der Waals surface area contributed by atoms with Gasteiger partial charge in [-0.3, -0.25) is 0 Å². The van der Waals surface area contributed by atoms with E-state index in [1.807, 2.05) is 29.0 Å². The highest BCUT2D eigenvalue weighted by molar-refractivity contribution is 9.10. The van der Waals surface area contributed by atoms with E-state index in [0.29, 0.717) is 12.4 Å². The molecular weight excluding hydrogens is 296 g/mol. The van der Waals surface area contributed by atoms with E-state index in [-0.39, 0.29) is 0 Å². The van der Waals surface area contributed by atoms with Gasteiger partial charge >= 0.3 is 0 Å². The largest absolute Gasteiger partial charge is 0.491 e. The SMILES string of the molecule is C[C@H](O)c1ccc(Br)cc1OCCn1ccnc1. The van der Waals surface area contributed by atoms with Gasteiger partial charge in [0.25, 0.3) is 0 Å². The highest BCUT2D eigenvalue weighted by atomic mass is 79.9. The molecule has 0 radical (unpaired) electrons. The summed E-state index contributed by atoms with van der Waals surface area (Å²) in [5, 5.41) is 9.67. The van der Waals surface area contributed by atoms with Gasteiger partial charge in [-0.2, -0.15) is 0 Å². The zero-order valence-electron chi connectivity index (χ0n) is 10.1. The van der Waals surface area contributed by atoms with Crippen LogP contribution in [0.1, 0.15) is 18.6 Å². The third kappa shape index (κ3) is 3.34. The standard InChI is InChI=1S/C13H15BrN2O2/c1-10(17)12-3-2-11(14)8-13(12)18-7-6-16-5-4-15-9-16/h2-5,8-10,17H,6-7H2,1H3/t10-/m0/s1. The Labute approximate surface area is 114 Å². The Morgan fingerprint density at radius 2 is 2.33 bits per heavy atom. The Balaban J connectivity index is 2.01. The first-order valence-corrected chi connectivity index (χ1v) is 6.52. The summed E-state index contributed by atoms with van der Waals surface area (Å²) in [5.41, 5.74) is 0.795. The molecule has 1 heterocycles. The fourth-order valence-corrected chi connectivity index (χ4v) is 2.00. The molecule has 0 fully saturated rings. The number of aromatic nitrogens is 2. The van der Waals surface area contributed by atoms with E-state index in [2.05, 4.69) is 20.9 Å². The Hall–Kier alpha value is -1.33. The molecule has 4 nitrogen and oxygen atoms in total. The van der Waals surface area contributed by atoms with E-state index < -0.39 is 6.10 Å². The van der Waals surface area contributed by atoms with Gasteiger partial charge in [-0.05, 0) is 19.1 Å². The van der Waals surface area contributed by atoms with Crippen LogP contribution >= 0.6 is 15.9 Å². The molecule has 2 rings (SSSR count). The Morgan fingerprint density at radius 3 is 3.00 bits per heavy atom. The summed E-state index contributed by atoms with van der Waals surface area (Å²) in [5.74, 6) is 0.708. The maximum atomic E-state index is 9.67. The van der Waals surface area contributed by atoms with Crippen LogP contribution in [-0.4, -0.2) is 21.3 Å². The van der Waals surface area contributed by atoms with Crippen LogP contribution in [0.4, 0.5) is 0 Å². The average molecular weight is 311 g/mol. The quantitative estimate of drug-likeness (QED) is 0.923. The van der Waals surface area contributed by atoms with Crippen molar-refractivity contribution in [3.63, 3.8) is 0 Å². The highest BCUT2D eigenvalue weighted by Crippen LogP contribution is 2.28. The lowest BCUT2D eigenvalue weighted by Gasteiger charge is -2.14. The van der Waals surface area contributed by atoms with Gasteiger partial charge < -0.3 is 14.4 Å². The maximum Gasteiger partial charge on any atom is 0.126 e. The molecule has 0 saturated carbocycles. The van der Waals surface area contributed by atoms with E-state index in [0.717, 1.165) is 16.6 Å². The zero-order valence-corrected chi connectivity index (χ0v) is 11.7. The number of imidazole rings is 1. The van der Waals surface area contributed by atoms with Gasteiger partial charge in [0.05, 0.1) is 19.0 Å². The number of nitrogens with zero attached hydrogens (tertiary/aromatic N) is 2. The molecule has 2 aromatic rings. The molecule has 0 spiro atoms. The third-order valence-electron chi connectivity index (χ3n) is 2.59. The zero-order chi connectivity index (χ0) is 13.0. The first-order valence-electron chi connectivity index (χ1n) is 5.73. The molecule has 1 aromatic heterocycles. The predicted octanol–water partition coefficient (Wildman–Crippen LogP) is 2.78. The van der Waals surface area contributed by atoms with Crippen LogP contribution in [0.5, 0.6) is 5.75 Å². The lowest BCUT2D eigenvalue weighted by Crippen LogP contribution is -2.08. The normalized spacial score (nSPS) is 12.4. The summed E-state index contributed by atoms with van der Waals surface area (Å²) in [6.07, 6.45) is 4.83. The second kappa shape index (κ2) is 6.02. The van der Waals surface area contributed by atoms with Gasteiger partial charge in [-0.15, -0.1) is 0 Å². The number of aliphatic hydroxyl groups is 1. The molecule has 0 amide bonds. The van der Waals surface area contributed by atoms with Crippen LogP contribution in [0.25, 0.3) is 0 Å². The van der Waals surface area contributed by atoms with Crippen molar-refractivity contribution < 1.29 is 9.84 Å². The van der Waals surface area contributed by atoms with Gasteiger partial charge in [0, 0.05) is 22.4 Å². The average Bonchev–Trinajstić information content (AvgIpc) is 2.82. The second-order valence-corrected chi connectivity index (χ2v) is 4.92. The smallest absolute Gasteiger partial charge is 0.126 e. The van der Waals surface area contributed by atoms with E-state index in [1.165, 1.54) is 0 Å². The van der Waals surface area contributed by atoms with Gasteiger partial charge in [-0.1, -0.05) is 22.0 Å². The minimum absolute atomic E-state index is 0.534. The van der Waals surface area contributed by atoms with Crippen molar-refractivity contribution in [3.05, 3.63) is 47.0 Å². The molecule has 5 heteroatoms. The fraction of sp³-hybridized carbons (Fsp3) is 0.308. The molecule has 0 aliphatic carbocycles. The minimum atomic E-state index is -0.540. The molecule has 0 bridgehead atoms. The molecule has 0 aliphatic rings. The Morgan fingerprint density at radius 1 is 1.50 bits per heavy atom. The Bertz CT molecular complexity index is 498. The molecule has 96 valence electrons. The van der Waals surface area contributed by atoms with Crippen LogP contribution in [-0.2, 0) is 6.54 Å². The van der Waals surface area contributed by atoms with Gasteiger partial charge in [0.15, 0.2) is 0 Å². The highest BCUT2D eigenvalue weighted by Gasteiger charge is 2.09. The third-order valence-corrected chi connectivity index (χ3v) is 3.09. The van der Waals surface area contributed by atoms with Gasteiger partial charge in [-0.25, -0.2) is 4.98 Å². The monoisotopic (exact) mass is 310 g/mol. The predicted molar refractivity (Wildman–Crippen MR) is 72.5 cm³/mol. The molecule has 0 unspecified atom stereocenters. The number of ether oxygens (including phenoxy) is 1. The number of rotatable bonds is 5. The van der Waals surface area contributed by atoms with Crippen molar-refractivity contribution in [1.29, 1.82) is 0 Å². The summed E-state index contributed by atoms with van der Waals surface area (Å²) in [6.45, 7) is 2.99. The van der Waals surface area contributed by atoms with Crippen molar-refractivity contribution in [2.24, 2.45) is 0 Å². The molecule has 18 heavy (non-hydrogen) atoms. The second-order valence-electron chi connectivity index (χ2n) is 4.01. The van der Waals surface area contributed by atoms with Crippen molar-refractivity contribution in [3.8, 4) is 5.75 Å². The number of hydrogen-bond acceptors (Lipinski definition) is 3. The summed E-state index contributed by atoms with van der Waals surface area (Å²) in [7, 11) is 0. The van der Waals surface area contributed by atoms with Crippen molar-refractivity contribution in [2.75, 3.05) is 6.61 Å². The van der Waals surface area contributed by atoms with Gasteiger partial charge in [0.2, 0.25) is 0 Å². The Kier molecular flexibility index (Phi) is 4.38. The molecule has 1 aromatic carbocycles. The van der Waals surface area contributed by atoms with Crippen molar-refractivity contribution in [2.45, 2.75) is 19.6 Å². The minimum Gasteiger partial charge on any atom is -0.491 e. The number of halogens is 1. The van der Waals surface area contributed by atoms with Crippen LogP contribution in [0.2, 0.25) is 0 Å². The van der Waals surface area contributed by atoms with E-state index in [4.69, 9.17) is 4.74 Å². The van der Waals surface area contributed by atoms with Crippen LogP contribution in [0.15, 0.2) is 41.4 Å². The first-order chi connectivity index (χ1) is 8.66. The summed E-state index contributed by atoms with van der Waals surface area (Å²) >= 11 is 3.40. The van der Waals surface area contributed by atoms with Crippen molar-refractivity contribution in [1.82, 2.24) is 9.55 Å². The molecule has 1 N–H and O–H groups in total. The summed E-state index contributed by atoms with van der Waals surface area (Å²) < 4.78 is 8.59. The first kappa shape index (κ1) is 13.1. The lowest BCUT2D eigenvalue weighted by molar-refractivity contribution is 0.190. The van der Waals surface area contributed by atoms with Crippen LogP contribution < -0.4 is 4.74 Å². The number of aliphatic hydroxyl groups excluding tert-OH is 1. The number of hydrogen-bond donors (Lipinski definition) is 1. The van der Waals surface area contributed by atoms with E-state index in [1.54, 1.807) is 19.4 Å². The molecular formula is C13H15BrN2O2. The van der Waals surface area contributed by atoms with E-state index >= 15 is 0 Å². The fourth-order valence-electron chi connectivity index (χ4n) is 1.66. The van der Waals surface area contributed by atoms with Crippen LogP contribution in [0, 0.1) is 0 Å². The topological polar surface area (TPSA) is 47.3 Å². The maximum absolute atomic E-state index is 9.67. The molecule has 0 saturated heterocycles. The molecule has 1 atom stereocenters. The number of benzene rings is 1.